The summed E-state index contributed by atoms with van der Waals surface area (Å²) in [6.07, 6.45) is -2.85. The minimum absolute atomic E-state index is 0.0210. The van der Waals surface area contributed by atoms with Crippen molar-refractivity contribution in [3.63, 3.8) is 0 Å². The van der Waals surface area contributed by atoms with E-state index in [0.717, 1.165) is 0 Å². The van der Waals surface area contributed by atoms with Gasteiger partial charge in [-0.2, -0.15) is 0 Å². The van der Waals surface area contributed by atoms with Gasteiger partial charge in [-0.05, 0) is 18.3 Å². The standard InChI is InChI=1S/C15H28O6/c1-5-9(6-15(2,3)4)14(19)21-8-11(17)13-12(18)10(16)7-20-13/h9-13,16-18H,5-8H2,1-4H3. The number of ether oxygens (including phenoxy) is 2. The van der Waals surface area contributed by atoms with Crippen LogP contribution in [0.25, 0.3) is 0 Å². The van der Waals surface area contributed by atoms with E-state index in [1.54, 1.807) is 0 Å². The molecule has 1 aliphatic heterocycles. The lowest BCUT2D eigenvalue weighted by atomic mass is 9.83. The zero-order chi connectivity index (χ0) is 16.2. The number of hydrogen-bond acceptors (Lipinski definition) is 6. The summed E-state index contributed by atoms with van der Waals surface area (Å²) in [4.78, 5) is 12.0. The molecule has 1 aliphatic rings. The summed E-state index contributed by atoms with van der Waals surface area (Å²) in [5.41, 5.74) is 0.0210. The lowest BCUT2D eigenvalue weighted by Crippen LogP contribution is -2.41. The molecule has 0 spiro atoms. The van der Waals surface area contributed by atoms with Crippen LogP contribution in [0.15, 0.2) is 0 Å². The fourth-order valence-corrected chi connectivity index (χ4v) is 2.48. The smallest absolute Gasteiger partial charge is 0.309 e. The first-order valence-corrected chi connectivity index (χ1v) is 7.48. The average molecular weight is 304 g/mol. The van der Waals surface area contributed by atoms with Crippen LogP contribution in [-0.4, -0.2) is 58.9 Å². The van der Waals surface area contributed by atoms with Gasteiger partial charge in [0.15, 0.2) is 0 Å². The van der Waals surface area contributed by atoms with Crippen LogP contribution in [-0.2, 0) is 14.3 Å². The zero-order valence-electron chi connectivity index (χ0n) is 13.3. The van der Waals surface area contributed by atoms with E-state index >= 15 is 0 Å². The van der Waals surface area contributed by atoms with E-state index in [9.17, 15) is 20.1 Å². The van der Waals surface area contributed by atoms with Crippen LogP contribution in [0.2, 0.25) is 0 Å². The van der Waals surface area contributed by atoms with Gasteiger partial charge in [-0.15, -0.1) is 0 Å². The van der Waals surface area contributed by atoms with Crippen molar-refractivity contribution in [2.24, 2.45) is 11.3 Å². The van der Waals surface area contributed by atoms with E-state index in [1.165, 1.54) is 0 Å². The number of carbonyl (C=O) groups is 1. The predicted octanol–water partition coefficient (Wildman–Crippen LogP) is 0.473. The van der Waals surface area contributed by atoms with Crippen LogP contribution < -0.4 is 0 Å². The number of rotatable bonds is 6. The van der Waals surface area contributed by atoms with E-state index < -0.39 is 24.4 Å². The molecule has 6 heteroatoms. The van der Waals surface area contributed by atoms with E-state index in [0.29, 0.717) is 12.8 Å². The molecule has 0 aromatic heterocycles. The highest BCUT2D eigenvalue weighted by atomic mass is 16.6. The third-order valence-electron chi connectivity index (χ3n) is 3.65. The summed E-state index contributed by atoms with van der Waals surface area (Å²) in [6.45, 7) is 7.83. The number of carbonyl (C=O) groups excluding carboxylic acids is 1. The average Bonchev–Trinajstić information content (AvgIpc) is 2.72. The zero-order valence-corrected chi connectivity index (χ0v) is 13.3. The van der Waals surface area contributed by atoms with Gasteiger partial charge in [0.05, 0.1) is 12.5 Å². The molecule has 0 aliphatic carbocycles. The topological polar surface area (TPSA) is 96.2 Å². The van der Waals surface area contributed by atoms with Crippen molar-refractivity contribution in [1.82, 2.24) is 0 Å². The van der Waals surface area contributed by atoms with Crippen molar-refractivity contribution < 1.29 is 29.6 Å². The van der Waals surface area contributed by atoms with Gasteiger partial charge in [0.2, 0.25) is 0 Å². The van der Waals surface area contributed by atoms with Crippen LogP contribution >= 0.6 is 0 Å². The molecule has 1 saturated heterocycles. The van der Waals surface area contributed by atoms with Gasteiger partial charge in [-0.25, -0.2) is 0 Å². The molecule has 0 bridgehead atoms. The second-order valence-corrected chi connectivity index (χ2v) is 6.92. The monoisotopic (exact) mass is 304 g/mol. The van der Waals surface area contributed by atoms with Crippen LogP contribution in [0, 0.1) is 11.3 Å². The van der Waals surface area contributed by atoms with Crippen molar-refractivity contribution >= 4 is 5.97 Å². The van der Waals surface area contributed by atoms with E-state index in [4.69, 9.17) is 9.47 Å². The molecule has 1 fully saturated rings. The van der Waals surface area contributed by atoms with Crippen LogP contribution in [0.4, 0.5) is 0 Å². The predicted molar refractivity (Wildman–Crippen MR) is 76.6 cm³/mol. The summed E-state index contributed by atoms with van der Waals surface area (Å²) >= 11 is 0. The molecule has 5 unspecified atom stereocenters. The maximum atomic E-state index is 12.0. The molecule has 1 heterocycles. The van der Waals surface area contributed by atoms with Crippen molar-refractivity contribution in [3.8, 4) is 0 Å². The molecule has 21 heavy (non-hydrogen) atoms. The summed E-state index contributed by atoms with van der Waals surface area (Å²) in [6, 6.07) is 0. The van der Waals surface area contributed by atoms with E-state index in [1.807, 2.05) is 6.92 Å². The molecule has 0 amide bonds. The van der Waals surface area contributed by atoms with Crippen LogP contribution in [0.3, 0.4) is 0 Å². The Morgan fingerprint density at radius 1 is 1.38 bits per heavy atom. The first kappa shape index (κ1) is 18.4. The summed E-state index contributed by atoms with van der Waals surface area (Å²) in [5.74, 6) is -0.559. The Labute approximate surface area is 126 Å². The molecular formula is C15H28O6. The SMILES string of the molecule is CCC(CC(C)(C)C)C(=O)OCC(O)C1OCC(O)C1O. The van der Waals surface area contributed by atoms with Gasteiger partial charge in [0.25, 0.3) is 0 Å². The molecule has 124 valence electrons. The van der Waals surface area contributed by atoms with Gasteiger partial charge in [0, 0.05) is 0 Å². The molecule has 5 atom stereocenters. The van der Waals surface area contributed by atoms with Crippen LogP contribution in [0.1, 0.15) is 40.5 Å². The Hall–Kier alpha value is -0.690. The first-order valence-electron chi connectivity index (χ1n) is 7.48. The molecule has 1 rings (SSSR count). The van der Waals surface area contributed by atoms with Gasteiger partial charge in [0.1, 0.15) is 31.0 Å². The summed E-state index contributed by atoms with van der Waals surface area (Å²) in [7, 11) is 0. The number of aliphatic hydroxyl groups is 3. The second-order valence-electron chi connectivity index (χ2n) is 6.92. The molecule has 0 radical (unpaired) electrons. The van der Waals surface area contributed by atoms with Gasteiger partial charge in [-0.1, -0.05) is 27.7 Å². The summed E-state index contributed by atoms with van der Waals surface area (Å²) < 4.78 is 10.2. The Balaban J connectivity index is 2.44. The Kier molecular flexibility index (Phi) is 6.59. The Bertz CT molecular complexity index is 338. The van der Waals surface area contributed by atoms with Gasteiger partial charge >= 0.3 is 5.97 Å². The molecule has 6 nitrogen and oxygen atoms in total. The van der Waals surface area contributed by atoms with E-state index in [2.05, 4.69) is 20.8 Å². The molecule has 0 aromatic rings. The van der Waals surface area contributed by atoms with Crippen molar-refractivity contribution in [1.29, 1.82) is 0 Å². The third kappa shape index (κ3) is 5.54. The minimum Gasteiger partial charge on any atom is -0.463 e. The minimum atomic E-state index is -1.16. The fourth-order valence-electron chi connectivity index (χ4n) is 2.48. The lowest BCUT2D eigenvalue weighted by molar-refractivity contribution is -0.157. The van der Waals surface area contributed by atoms with Crippen LogP contribution in [0.5, 0.6) is 0 Å². The lowest BCUT2D eigenvalue weighted by Gasteiger charge is -2.25. The van der Waals surface area contributed by atoms with Gasteiger partial charge < -0.3 is 24.8 Å². The maximum absolute atomic E-state index is 12.0. The third-order valence-corrected chi connectivity index (χ3v) is 3.65. The molecule has 3 N–H and O–H groups in total. The first-order chi connectivity index (χ1) is 9.65. The Morgan fingerprint density at radius 3 is 2.43 bits per heavy atom. The maximum Gasteiger partial charge on any atom is 0.309 e. The normalized spacial score (nSPS) is 29.2. The quantitative estimate of drug-likeness (QED) is 0.618. The number of hydrogen-bond donors (Lipinski definition) is 3. The van der Waals surface area contributed by atoms with Crippen molar-refractivity contribution in [3.05, 3.63) is 0 Å². The second kappa shape index (κ2) is 7.54. The largest absolute Gasteiger partial charge is 0.463 e. The van der Waals surface area contributed by atoms with Gasteiger partial charge in [-0.3, -0.25) is 4.79 Å². The van der Waals surface area contributed by atoms with Crippen molar-refractivity contribution in [2.45, 2.75) is 65.0 Å². The molecule has 0 aromatic carbocycles. The molecular weight excluding hydrogens is 276 g/mol. The highest BCUT2D eigenvalue weighted by Crippen LogP contribution is 2.27. The number of aliphatic hydroxyl groups excluding tert-OH is 3. The highest BCUT2D eigenvalue weighted by molar-refractivity contribution is 5.72. The molecule has 0 saturated carbocycles. The van der Waals surface area contributed by atoms with Crippen molar-refractivity contribution in [2.75, 3.05) is 13.2 Å². The van der Waals surface area contributed by atoms with E-state index in [-0.39, 0.29) is 30.5 Å². The fraction of sp³-hybridized carbons (Fsp3) is 0.933. The number of esters is 1. The summed E-state index contributed by atoms with van der Waals surface area (Å²) in [5, 5.41) is 28.9. The highest BCUT2D eigenvalue weighted by Gasteiger charge is 2.39. The Morgan fingerprint density at radius 2 is 2.00 bits per heavy atom.